The standard InChI is InChI=1S/C19H17BrFIN4O2S/c1-29-18-14(22)17(24-15-9-6-11(15)26(7-9)19(27)28)10-5-8(3-2-4-23)12(20)13(21)16(10)25-18/h5,9,11,15H,2-3,6-7H2,1H3,(H,24,25)(H,27,28). The summed E-state index contributed by atoms with van der Waals surface area (Å²) in [5, 5.41) is 23.2. The molecule has 3 aliphatic rings. The average molecular weight is 591 g/mol. The van der Waals surface area contributed by atoms with Gasteiger partial charge in [0, 0.05) is 24.3 Å². The number of carbonyl (C=O) groups is 1. The van der Waals surface area contributed by atoms with Gasteiger partial charge >= 0.3 is 6.09 Å². The highest BCUT2D eigenvalue weighted by atomic mass is 127. The second-order valence-electron chi connectivity index (χ2n) is 7.20. The van der Waals surface area contributed by atoms with Crippen LogP contribution in [0, 0.1) is 26.6 Å². The van der Waals surface area contributed by atoms with Gasteiger partial charge in [-0.1, -0.05) is 0 Å². The lowest BCUT2D eigenvalue weighted by Gasteiger charge is -2.37. The third-order valence-electron chi connectivity index (χ3n) is 5.70. The number of nitriles is 1. The predicted octanol–water partition coefficient (Wildman–Crippen LogP) is 5.08. The Bertz CT molecular complexity index is 1060. The van der Waals surface area contributed by atoms with E-state index >= 15 is 4.39 Å². The van der Waals surface area contributed by atoms with Crippen molar-refractivity contribution in [3.63, 3.8) is 0 Å². The summed E-state index contributed by atoms with van der Waals surface area (Å²) in [6.07, 6.45) is 2.58. The lowest BCUT2D eigenvalue weighted by atomic mass is 9.80. The molecule has 1 aromatic heterocycles. The normalized spacial score (nSPS) is 22.4. The molecule has 1 aromatic carbocycles. The van der Waals surface area contributed by atoms with E-state index in [0.717, 1.165) is 26.3 Å². The molecule has 3 fully saturated rings. The van der Waals surface area contributed by atoms with Gasteiger partial charge in [0.2, 0.25) is 0 Å². The van der Waals surface area contributed by atoms with E-state index in [1.807, 2.05) is 12.3 Å². The highest BCUT2D eigenvalue weighted by molar-refractivity contribution is 14.1. The Morgan fingerprint density at radius 1 is 1.62 bits per heavy atom. The molecule has 1 saturated carbocycles. The van der Waals surface area contributed by atoms with Gasteiger partial charge in [-0.05, 0) is 69.2 Å². The Balaban J connectivity index is 1.81. The van der Waals surface area contributed by atoms with Crippen LogP contribution in [0.25, 0.3) is 10.9 Å². The van der Waals surface area contributed by atoms with Gasteiger partial charge in [0.15, 0.2) is 5.82 Å². The molecular formula is C19H17BrFIN4O2S. The molecule has 0 radical (unpaired) electrons. The summed E-state index contributed by atoms with van der Waals surface area (Å²) >= 11 is 6.98. The third-order valence-corrected chi connectivity index (χ3v) is 8.66. The molecule has 29 heavy (non-hydrogen) atoms. The summed E-state index contributed by atoms with van der Waals surface area (Å²) in [4.78, 5) is 17.5. The van der Waals surface area contributed by atoms with Crippen molar-refractivity contribution in [1.29, 1.82) is 5.26 Å². The molecule has 3 unspecified atom stereocenters. The van der Waals surface area contributed by atoms with Gasteiger partial charge in [-0.3, -0.25) is 0 Å². The number of nitrogens with zero attached hydrogens (tertiary/aromatic N) is 3. The van der Waals surface area contributed by atoms with Gasteiger partial charge in [0.1, 0.15) is 10.5 Å². The number of thioether (sulfide) groups is 1. The predicted molar refractivity (Wildman–Crippen MR) is 122 cm³/mol. The Kier molecular flexibility index (Phi) is 5.83. The molecule has 3 atom stereocenters. The van der Waals surface area contributed by atoms with Crippen LogP contribution in [0.15, 0.2) is 15.6 Å². The quantitative estimate of drug-likeness (QED) is 0.373. The molecule has 2 N–H and O–H groups in total. The fourth-order valence-electron chi connectivity index (χ4n) is 4.21. The van der Waals surface area contributed by atoms with Gasteiger partial charge < -0.3 is 15.3 Å². The highest BCUT2D eigenvalue weighted by Gasteiger charge is 2.54. The molecule has 6 nitrogen and oxygen atoms in total. The van der Waals surface area contributed by atoms with Crippen molar-refractivity contribution in [2.45, 2.75) is 36.4 Å². The Morgan fingerprint density at radius 3 is 3.00 bits per heavy atom. The fraction of sp³-hybridized carbons (Fsp3) is 0.421. The topological polar surface area (TPSA) is 89.3 Å². The number of fused-ring (bicyclic) bond motifs is 2. The van der Waals surface area contributed by atoms with Crippen molar-refractivity contribution < 1.29 is 14.3 Å². The van der Waals surface area contributed by atoms with Crippen molar-refractivity contribution in [3.05, 3.63) is 25.5 Å². The van der Waals surface area contributed by atoms with Crippen LogP contribution in [-0.2, 0) is 6.42 Å². The number of amides is 1. The van der Waals surface area contributed by atoms with E-state index in [1.54, 1.807) is 0 Å². The van der Waals surface area contributed by atoms with Gasteiger partial charge in [-0.2, -0.15) is 5.26 Å². The van der Waals surface area contributed by atoms with Crippen LogP contribution in [0.1, 0.15) is 18.4 Å². The summed E-state index contributed by atoms with van der Waals surface area (Å²) in [7, 11) is 0. The molecule has 152 valence electrons. The third kappa shape index (κ3) is 3.45. The zero-order valence-electron chi connectivity index (χ0n) is 15.4. The number of nitrogens with one attached hydrogen (secondary N) is 1. The molecule has 3 heterocycles. The van der Waals surface area contributed by atoms with E-state index in [4.69, 9.17) is 5.26 Å². The largest absolute Gasteiger partial charge is 0.465 e. The number of benzene rings is 1. The smallest absolute Gasteiger partial charge is 0.407 e. The number of aromatic nitrogens is 1. The first-order chi connectivity index (χ1) is 13.9. The molecule has 2 bridgehead atoms. The molecular weight excluding hydrogens is 574 g/mol. The van der Waals surface area contributed by atoms with Gasteiger partial charge in [-0.25, -0.2) is 14.2 Å². The van der Waals surface area contributed by atoms with E-state index in [0.29, 0.717) is 29.2 Å². The van der Waals surface area contributed by atoms with Crippen LogP contribution in [-0.4, -0.2) is 46.0 Å². The first kappa shape index (κ1) is 20.9. The molecule has 5 rings (SSSR count). The zero-order chi connectivity index (χ0) is 20.9. The SMILES string of the molecule is CSc1nc2c(F)c(Br)c(CCC#N)cc2c(NC2C3CC2N(C(=O)O)C3)c1I. The van der Waals surface area contributed by atoms with Crippen molar-refractivity contribution in [3.8, 4) is 6.07 Å². The minimum Gasteiger partial charge on any atom is -0.465 e. The van der Waals surface area contributed by atoms with Crippen LogP contribution in [0.4, 0.5) is 14.9 Å². The van der Waals surface area contributed by atoms with Crippen LogP contribution in [0.5, 0.6) is 0 Å². The molecule has 10 heteroatoms. The molecule has 1 amide bonds. The van der Waals surface area contributed by atoms with Gasteiger partial charge in [0.05, 0.1) is 31.9 Å². The Morgan fingerprint density at radius 2 is 2.38 bits per heavy atom. The van der Waals surface area contributed by atoms with Crippen molar-refractivity contribution in [2.75, 3.05) is 18.1 Å². The minimum atomic E-state index is -0.894. The molecule has 2 aliphatic heterocycles. The van der Waals surface area contributed by atoms with E-state index in [1.165, 1.54) is 16.7 Å². The van der Waals surface area contributed by atoms with E-state index in [2.05, 4.69) is 54.9 Å². The minimum absolute atomic E-state index is 0.00851. The first-order valence-corrected chi connectivity index (χ1v) is 12.1. The lowest BCUT2D eigenvalue weighted by Crippen LogP contribution is -2.49. The van der Waals surface area contributed by atoms with Crippen LogP contribution in [0.3, 0.4) is 0 Å². The van der Waals surface area contributed by atoms with E-state index in [-0.39, 0.29) is 23.5 Å². The van der Waals surface area contributed by atoms with Crippen molar-refractivity contribution in [2.24, 2.45) is 5.92 Å². The molecule has 2 aromatic rings. The van der Waals surface area contributed by atoms with Gasteiger partial charge in [0.25, 0.3) is 0 Å². The number of rotatable bonds is 5. The second-order valence-corrected chi connectivity index (χ2v) is 9.86. The Hall–Kier alpha value is -1.32. The van der Waals surface area contributed by atoms with E-state index < -0.39 is 11.9 Å². The first-order valence-electron chi connectivity index (χ1n) is 9.04. The van der Waals surface area contributed by atoms with Gasteiger partial charge in [-0.15, -0.1) is 11.8 Å². The van der Waals surface area contributed by atoms with Crippen LogP contribution >= 0.6 is 50.3 Å². The summed E-state index contributed by atoms with van der Waals surface area (Å²) in [5.41, 5.74) is 1.78. The second kappa shape index (κ2) is 8.07. The highest BCUT2D eigenvalue weighted by Crippen LogP contribution is 2.45. The monoisotopic (exact) mass is 590 g/mol. The average Bonchev–Trinajstić information content (AvgIpc) is 3.29. The van der Waals surface area contributed by atoms with Crippen molar-refractivity contribution in [1.82, 2.24) is 9.88 Å². The van der Waals surface area contributed by atoms with Crippen LogP contribution < -0.4 is 5.32 Å². The summed E-state index contributed by atoms with van der Waals surface area (Å²) in [6.45, 7) is 0.528. The summed E-state index contributed by atoms with van der Waals surface area (Å²) < 4.78 is 16.4. The number of anilines is 1. The Labute approximate surface area is 193 Å². The maximum absolute atomic E-state index is 15.2. The van der Waals surface area contributed by atoms with Crippen molar-refractivity contribution >= 4 is 73.0 Å². The number of hydrogen-bond acceptors (Lipinski definition) is 5. The number of hydrogen-bond donors (Lipinski definition) is 2. The number of aryl methyl sites for hydroxylation is 1. The zero-order valence-corrected chi connectivity index (χ0v) is 19.9. The van der Waals surface area contributed by atoms with Crippen LogP contribution in [0.2, 0.25) is 0 Å². The summed E-state index contributed by atoms with van der Waals surface area (Å²) in [6, 6.07) is 3.93. The molecule has 0 spiro atoms. The fourth-order valence-corrected chi connectivity index (χ4v) is 6.41. The maximum Gasteiger partial charge on any atom is 0.407 e. The number of halogens is 3. The maximum atomic E-state index is 15.2. The number of carboxylic acid groups (broad SMARTS) is 1. The van der Waals surface area contributed by atoms with E-state index in [9.17, 15) is 9.90 Å². The summed E-state index contributed by atoms with van der Waals surface area (Å²) in [5.74, 6) is -0.180. The molecule has 1 aliphatic carbocycles. The number of pyridine rings is 1. The molecule has 2 saturated heterocycles. The lowest BCUT2D eigenvalue weighted by molar-refractivity contribution is 0.140.